The van der Waals surface area contributed by atoms with Crippen molar-refractivity contribution in [3.63, 3.8) is 0 Å². The van der Waals surface area contributed by atoms with E-state index in [0.717, 1.165) is 6.92 Å². The summed E-state index contributed by atoms with van der Waals surface area (Å²) in [5.74, 6) is -10.2. The molecule has 0 radical (unpaired) electrons. The van der Waals surface area contributed by atoms with Gasteiger partial charge in [-0.15, -0.1) is 0 Å². The number of hydrogen-bond acceptors (Lipinski definition) is 2. The molecule has 4 rings (SSSR count). The van der Waals surface area contributed by atoms with Gasteiger partial charge >= 0.3 is 0 Å². The fraction of sp³-hybridized carbons (Fsp3) is 0.235. The number of ketones is 1. The lowest BCUT2D eigenvalue weighted by atomic mass is 9.83. The van der Waals surface area contributed by atoms with Crippen LogP contribution in [0.15, 0.2) is 24.3 Å². The molecule has 2 nitrogen and oxygen atoms in total. The van der Waals surface area contributed by atoms with Gasteiger partial charge in [0.05, 0.1) is 0 Å². The average Bonchev–Trinajstić information content (AvgIpc) is 2.96. The van der Waals surface area contributed by atoms with Crippen LogP contribution in [0.25, 0.3) is 0 Å². The van der Waals surface area contributed by atoms with Crippen molar-refractivity contribution >= 4 is 5.78 Å². The molecule has 2 aliphatic rings. The summed E-state index contributed by atoms with van der Waals surface area (Å²) in [6, 6.07) is 6.37. The molecule has 0 fully saturated rings. The smallest absolute Gasteiger partial charge is 0.197 e. The van der Waals surface area contributed by atoms with Crippen molar-refractivity contribution in [2.75, 3.05) is 0 Å². The predicted molar refractivity (Wildman–Crippen MR) is 72.0 cm³/mol. The first-order valence-electron chi connectivity index (χ1n) is 6.99. The summed E-state index contributed by atoms with van der Waals surface area (Å²) in [4.78, 5) is 12.1. The minimum atomic E-state index is -2.14. The number of fused-ring (bicyclic) bond motifs is 8. The molecule has 23 heavy (non-hydrogen) atoms. The molecule has 2 aromatic rings. The molecule has 0 spiro atoms. The Morgan fingerprint density at radius 1 is 0.913 bits per heavy atom. The molecule has 0 saturated carbocycles. The highest BCUT2D eigenvalue weighted by Gasteiger charge is 2.64. The van der Waals surface area contributed by atoms with Crippen molar-refractivity contribution < 1.29 is 27.5 Å². The monoisotopic (exact) mass is 322 g/mol. The Hall–Kier alpha value is -2.21. The number of benzene rings is 2. The topological polar surface area (TPSA) is 37.3 Å². The zero-order chi connectivity index (χ0) is 16.7. The molecule has 2 bridgehead atoms. The van der Waals surface area contributed by atoms with Crippen molar-refractivity contribution in [3.8, 4) is 0 Å². The number of carbonyl (C=O) groups is 1. The molecule has 2 aromatic carbocycles. The van der Waals surface area contributed by atoms with Gasteiger partial charge in [-0.2, -0.15) is 0 Å². The van der Waals surface area contributed by atoms with Crippen LogP contribution in [-0.2, 0) is 4.79 Å². The van der Waals surface area contributed by atoms with Crippen molar-refractivity contribution in [2.24, 2.45) is 0 Å². The van der Waals surface area contributed by atoms with Gasteiger partial charge in [-0.1, -0.05) is 24.3 Å². The Balaban J connectivity index is 2.16. The molecule has 0 aliphatic heterocycles. The fourth-order valence-electron chi connectivity index (χ4n) is 4.07. The van der Waals surface area contributed by atoms with Crippen molar-refractivity contribution in [1.29, 1.82) is 0 Å². The quantitative estimate of drug-likeness (QED) is 0.497. The van der Waals surface area contributed by atoms with Crippen molar-refractivity contribution in [2.45, 2.75) is 24.4 Å². The van der Waals surface area contributed by atoms with Crippen LogP contribution in [0.4, 0.5) is 17.6 Å². The SMILES string of the molecule is CC(=O)C1(O)[C@@H]2c3ccccc3[C@H]1c1c(F)c(F)c(F)c(F)c12. The second-order valence-electron chi connectivity index (χ2n) is 5.96. The molecule has 0 saturated heterocycles. The van der Waals surface area contributed by atoms with E-state index in [0.29, 0.717) is 11.1 Å². The number of halogens is 4. The van der Waals surface area contributed by atoms with E-state index >= 15 is 0 Å². The van der Waals surface area contributed by atoms with Gasteiger partial charge in [0.1, 0.15) is 5.60 Å². The van der Waals surface area contributed by atoms with E-state index in [1.54, 1.807) is 24.3 Å². The summed E-state index contributed by atoms with van der Waals surface area (Å²) in [6.45, 7) is 1.10. The number of aliphatic hydroxyl groups is 1. The van der Waals surface area contributed by atoms with E-state index in [2.05, 4.69) is 0 Å². The predicted octanol–water partition coefficient (Wildman–Crippen LogP) is 3.15. The van der Waals surface area contributed by atoms with E-state index in [4.69, 9.17) is 0 Å². The maximum absolute atomic E-state index is 14.3. The minimum Gasteiger partial charge on any atom is -0.380 e. The first kappa shape index (κ1) is 14.4. The van der Waals surface area contributed by atoms with Crippen molar-refractivity contribution in [3.05, 3.63) is 69.8 Å². The molecule has 0 heterocycles. The fourth-order valence-corrected chi connectivity index (χ4v) is 4.07. The number of rotatable bonds is 1. The zero-order valence-electron chi connectivity index (χ0n) is 11.8. The van der Waals surface area contributed by atoms with Crippen LogP contribution in [0.5, 0.6) is 0 Å². The largest absolute Gasteiger partial charge is 0.380 e. The van der Waals surface area contributed by atoms with Crippen LogP contribution >= 0.6 is 0 Å². The van der Waals surface area contributed by atoms with Gasteiger partial charge in [0.2, 0.25) is 0 Å². The third kappa shape index (κ3) is 1.40. The summed E-state index contributed by atoms with van der Waals surface area (Å²) >= 11 is 0. The summed E-state index contributed by atoms with van der Waals surface area (Å²) in [5, 5.41) is 10.9. The third-order valence-electron chi connectivity index (χ3n) is 4.98. The van der Waals surface area contributed by atoms with Gasteiger partial charge in [-0.25, -0.2) is 17.6 Å². The first-order chi connectivity index (χ1) is 10.8. The summed E-state index contributed by atoms with van der Waals surface area (Å²) in [5.41, 5.74) is -2.24. The molecule has 0 aromatic heterocycles. The van der Waals surface area contributed by atoms with Crippen LogP contribution in [0.1, 0.15) is 41.0 Å². The highest BCUT2D eigenvalue weighted by Crippen LogP contribution is 2.63. The Kier molecular flexibility index (Phi) is 2.63. The van der Waals surface area contributed by atoms with Gasteiger partial charge in [0.15, 0.2) is 29.1 Å². The van der Waals surface area contributed by atoms with E-state index < -0.39 is 57.6 Å². The summed E-state index contributed by atoms with van der Waals surface area (Å²) in [6.07, 6.45) is 0. The Labute approximate surface area is 128 Å². The van der Waals surface area contributed by atoms with E-state index in [1.807, 2.05) is 0 Å². The second-order valence-corrected chi connectivity index (χ2v) is 5.96. The molecule has 3 atom stereocenters. The van der Waals surface area contributed by atoms with Crippen molar-refractivity contribution in [1.82, 2.24) is 0 Å². The average molecular weight is 322 g/mol. The van der Waals surface area contributed by atoms with Crippen LogP contribution < -0.4 is 0 Å². The van der Waals surface area contributed by atoms with Crippen LogP contribution in [0.2, 0.25) is 0 Å². The van der Waals surface area contributed by atoms with E-state index in [-0.39, 0.29) is 0 Å². The second kappa shape index (κ2) is 4.20. The van der Waals surface area contributed by atoms with E-state index in [1.165, 1.54) is 0 Å². The highest BCUT2D eigenvalue weighted by molar-refractivity contribution is 5.93. The molecule has 2 aliphatic carbocycles. The number of hydrogen-bond donors (Lipinski definition) is 1. The molecule has 118 valence electrons. The molecule has 0 amide bonds. The lowest BCUT2D eigenvalue weighted by Gasteiger charge is -2.25. The molecule has 1 unspecified atom stereocenters. The van der Waals surface area contributed by atoms with Gasteiger partial charge in [0.25, 0.3) is 0 Å². The maximum Gasteiger partial charge on any atom is 0.197 e. The number of carbonyl (C=O) groups excluding carboxylic acids is 1. The first-order valence-corrected chi connectivity index (χ1v) is 6.99. The van der Waals surface area contributed by atoms with Crippen LogP contribution in [0.3, 0.4) is 0 Å². The van der Waals surface area contributed by atoms with Gasteiger partial charge < -0.3 is 5.11 Å². The summed E-state index contributed by atoms with van der Waals surface area (Å²) in [7, 11) is 0. The zero-order valence-corrected chi connectivity index (χ0v) is 11.8. The molecule has 6 heteroatoms. The normalized spacial score (nSPS) is 27.0. The molecular formula is C17H10F4O2. The van der Waals surface area contributed by atoms with Gasteiger partial charge in [-0.3, -0.25) is 4.79 Å². The Morgan fingerprint density at radius 2 is 1.30 bits per heavy atom. The standard InChI is InChI=1S/C17H10F4O2/c1-6(22)17(23)11-7-4-2-3-5-8(7)12(17)10-9(11)13(18)15(20)16(21)14(10)19/h2-5,11-12,23H,1H3/t11-,12+,17?. The number of Topliss-reactive ketones (excluding diaryl/α,β-unsaturated/α-hetero) is 1. The minimum absolute atomic E-state index is 0.423. The van der Waals surface area contributed by atoms with Gasteiger partial charge in [0, 0.05) is 23.0 Å². The lowest BCUT2D eigenvalue weighted by Crippen LogP contribution is -2.41. The van der Waals surface area contributed by atoms with Crippen LogP contribution in [-0.4, -0.2) is 16.5 Å². The van der Waals surface area contributed by atoms with E-state index in [9.17, 15) is 27.5 Å². The maximum atomic E-state index is 14.3. The van der Waals surface area contributed by atoms with Gasteiger partial charge in [-0.05, 0) is 18.1 Å². The Bertz CT molecular complexity index is 829. The molecular weight excluding hydrogens is 312 g/mol. The Morgan fingerprint density at radius 3 is 1.65 bits per heavy atom. The molecule has 1 N–H and O–H groups in total. The van der Waals surface area contributed by atoms with Crippen LogP contribution in [0, 0.1) is 23.3 Å². The summed E-state index contributed by atoms with van der Waals surface area (Å²) < 4.78 is 55.9. The highest BCUT2D eigenvalue weighted by atomic mass is 19.2. The third-order valence-corrected chi connectivity index (χ3v) is 4.98. The lowest BCUT2D eigenvalue weighted by molar-refractivity contribution is -0.135.